The standard InChI is InChI=1S/C11H11NO2S/c1-11(14,10(13)15)8-6-12-9-5-3-2-4-7(8)9/h2-6,12,14H,1H3,(H,13,15). The van der Waals surface area contributed by atoms with Gasteiger partial charge in [0.05, 0.1) is 0 Å². The first-order valence-corrected chi connectivity index (χ1v) is 5.00. The molecule has 4 heteroatoms. The molecule has 0 radical (unpaired) electrons. The molecule has 2 rings (SSSR count). The number of aliphatic hydroxyl groups is 1. The lowest BCUT2D eigenvalue weighted by molar-refractivity contribution is -0.126. The number of H-pyrrole nitrogens is 1. The number of carbonyl (C=O) groups excluding carboxylic acids is 1. The molecule has 1 unspecified atom stereocenters. The van der Waals surface area contributed by atoms with Crippen LogP contribution in [0.2, 0.25) is 0 Å². The van der Waals surface area contributed by atoms with Crippen molar-refractivity contribution in [2.45, 2.75) is 12.5 Å². The summed E-state index contributed by atoms with van der Waals surface area (Å²) in [6.45, 7) is 1.44. The Bertz CT molecular complexity index is 516. The van der Waals surface area contributed by atoms with Crippen LogP contribution in [0.25, 0.3) is 10.9 Å². The minimum absolute atomic E-state index is 0.554. The number of aromatic amines is 1. The SMILES string of the molecule is CC(O)(C(=O)S)c1c[nH]c2ccccc12. The molecule has 0 bridgehead atoms. The average Bonchev–Trinajstić information content (AvgIpc) is 2.61. The highest BCUT2D eigenvalue weighted by Gasteiger charge is 2.32. The van der Waals surface area contributed by atoms with Crippen molar-refractivity contribution in [2.75, 3.05) is 0 Å². The van der Waals surface area contributed by atoms with Gasteiger partial charge >= 0.3 is 0 Å². The van der Waals surface area contributed by atoms with Crippen LogP contribution in [-0.2, 0) is 10.4 Å². The van der Waals surface area contributed by atoms with E-state index in [2.05, 4.69) is 17.6 Å². The number of para-hydroxylation sites is 1. The number of nitrogens with one attached hydrogen (secondary N) is 1. The van der Waals surface area contributed by atoms with E-state index in [1.54, 1.807) is 6.20 Å². The summed E-state index contributed by atoms with van der Waals surface area (Å²) in [7, 11) is 0. The molecule has 2 aromatic rings. The molecule has 15 heavy (non-hydrogen) atoms. The molecular weight excluding hydrogens is 210 g/mol. The number of hydrogen-bond acceptors (Lipinski definition) is 2. The van der Waals surface area contributed by atoms with Crippen LogP contribution in [0.4, 0.5) is 0 Å². The van der Waals surface area contributed by atoms with Crippen molar-refractivity contribution in [1.82, 2.24) is 4.98 Å². The summed E-state index contributed by atoms with van der Waals surface area (Å²) in [6.07, 6.45) is 1.64. The molecule has 1 aromatic heterocycles. The van der Waals surface area contributed by atoms with Crippen LogP contribution in [0.1, 0.15) is 12.5 Å². The third-order valence-corrected chi connectivity index (χ3v) is 2.97. The minimum Gasteiger partial charge on any atom is -0.377 e. The number of carbonyl (C=O) groups is 1. The molecule has 0 amide bonds. The first kappa shape index (κ1) is 10.3. The molecule has 2 N–H and O–H groups in total. The van der Waals surface area contributed by atoms with Gasteiger partial charge in [0.2, 0.25) is 5.12 Å². The highest BCUT2D eigenvalue weighted by atomic mass is 32.1. The Morgan fingerprint density at radius 1 is 1.47 bits per heavy atom. The number of rotatable bonds is 2. The summed E-state index contributed by atoms with van der Waals surface area (Å²) in [5.74, 6) is 0. The summed E-state index contributed by atoms with van der Waals surface area (Å²) < 4.78 is 0. The van der Waals surface area contributed by atoms with Gasteiger partial charge in [-0.15, -0.1) is 12.6 Å². The second-order valence-electron chi connectivity index (χ2n) is 3.63. The molecular formula is C11H11NO2S. The lowest BCUT2D eigenvalue weighted by Gasteiger charge is -2.18. The molecule has 0 saturated carbocycles. The van der Waals surface area contributed by atoms with Crippen molar-refractivity contribution in [3.63, 3.8) is 0 Å². The molecule has 0 aliphatic carbocycles. The largest absolute Gasteiger partial charge is 0.377 e. The predicted octanol–water partition coefficient (Wildman–Crippen LogP) is 1.83. The fourth-order valence-electron chi connectivity index (χ4n) is 1.59. The van der Waals surface area contributed by atoms with E-state index in [9.17, 15) is 9.90 Å². The van der Waals surface area contributed by atoms with Crippen LogP contribution in [0.15, 0.2) is 30.5 Å². The van der Waals surface area contributed by atoms with Gasteiger partial charge in [-0.25, -0.2) is 0 Å². The zero-order chi connectivity index (χ0) is 11.1. The molecule has 1 atom stereocenters. The summed E-state index contributed by atoms with van der Waals surface area (Å²) in [6, 6.07) is 7.49. The van der Waals surface area contributed by atoms with E-state index < -0.39 is 10.7 Å². The highest BCUT2D eigenvalue weighted by Crippen LogP contribution is 2.29. The van der Waals surface area contributed by atoms with E-state index in [0.717, 1.165) is 10.9 Å². The van der Waals surface area contributed by atoms with Crippen LogP contribution in [-0.4, -0.2) is 15.2 Å². The average molecular weight is 221 g/mol. The van der Waals surface area contributed by atoms with E-state index in [4.69, 9.17) is 0 Å². The van der Waals surface area contributed by atoms with Crippen molar-refractivity contribution in [3.05, 3.63) is 36.0 Å². The smallest absolute Gasteiger partial charge is 0.221 e. The molecule has 0 aliphatic heterocycles. The zero-order valence-electron chi connectivity index (χ0n) is 8.19. The van der Waals surface area contributed by atoms with Gasteiger partial charge in [-0.1, -0.05) is 18.2 Å². The lowest BCUT2D eigenvalue weighted by Crippen LogP contribution is -2.28. The van der Waals surface area contributed by atoms with Gasteiger partial charge < -0.3 is 10.1 Å². The van der Waals surface area contributed by atoms with Gasteiger partial charge in [0, 0.05) is 22.7 Å². The first-order valence-electron chi connectivity index (χ1n) is 4.56. The van der Waals surface area contributed by atoms with Crippen molar-refractivity contribution in [1.29, 1.82) is 0 Å². The normalized spacial score (nSPS) is 15.1. The van der Waals surface area contributed by atoms with Crippen LogP contribution < -0.4 is 0 Å². The van der Waals surface area contributed by atoms with Gasteiger partial charge in [-0.3, -0.25) is 4.79 Å². The minimum atomic E-state index is -1.55. The second-order valence-corrected chi connectivity index (χ2v) is 4.03. The van der Waals surface area contributed by atoms with E-state index in [1.807, 2.05) is 24.3 Å². The maximum atomic E-state index is 11.2. The summed E-state index contributed by atoms with van der Waals surface area (Å²) in [5.41, 5.74) is -0.108. The molecule has 0 aliphatic rings. The van der Waals surface area contributed by atoms with E-state index in [-0.39, 0.29) is 0 Å². The Morgan fingerprint density at radius 3 is 2.80 bits per heavy atom. The fraction of sp³-hybridized carbons (Fsp3) is 0.182. The Hall–Kier alpha value is -1.26. The van der Waals surface area contributed by atoms with E-state index in [1.165, 1.54) is 6.92 Å². The van der Waals surface area contributed by atoms with Gasteiger partial charge in [0.1, 0.15) is 0 Å². The highest BCUT2D eigenvalue weighted by molar-refractivity contribution is 7.96. The van der Waals surface area contributed by atoms with Gasteiger partial charge in [0.15, 0.2) is 5.60 Å². The second kappa shape index (κ2) is 3.40. The summed E-state index contributed by atoms with van der Waals surface area (Å²) in [5, 5.41) is 10.3. The Morgan fingerprint density at radius 2 is 2.13 bits per heavy atom. The molecule has 0 saturated heterocycles. The Kier molecular flexibility index (Phi) is 2.32. The lowest BCUT2D eigenvalue weighted by atomic mass is 9.97. The summed E-state index contributed by atoms with van der Waals surface area (Å²) >= 11 is 3.69. The number of fused-ring (bicyclic) bond motifs is 1. The molecule has 3 nitrogen and oxygen atoms in total. The van der Waals surface area contributed by atoms with Crippen molar-refractivity contribution in [2.24, 2.45) is 0 Å². The topological polar surface area (TPSA) is 53.1 Å². The number of hydrogen-bond donors (Lipinski definition) is 3. The quantitative estimate of drug-likeness (QED) is 0.678. The third kappa shape index (κ3) is 1.56. The first-order chi connectivity index (χ1) is 7.03. The Balaban J connectivity index is 2.67. The van der Waals surface area contributed by atoms with Gasteiger partial charge in [-0.2, -0.15) is 0 Å². The monoisotopic (exact) mass is 221 g/mol. The predicted molar refractivity (Wildman–Crippen MR) is 61.9 cm³/mol. The molecule has 1 heterocycles. The fourth-order valence-corrected chi connectivity index (χ4v) is 1.71. The van der Waals surface area contributed by atoms with Gasteiger partial charge in [-0.05, 0) is 13.0 Å². The molecule has 0 spiro atoms. The third-order valence-electron chi connectivity index (χ3n) is 2.53. The van der Waals surface area contributed by atoms with Crippen molar-refractivity contribution < 1.29 is 9.90 Å². The maximum Gasteiger partial charge on any atom is 0.221 e. The number of thiol groups is 1. The van der Waals surface area contributed by atoms with Crippen molar-refractivity contribution in [3.8, 4) is 0 Å². The van der Waals surface area contributed by atoms with E-state index in [0.29, 0.717) is 5.56 Å². The van der Waals surface area contributed by atoms with Gasteiger partial charge in [0.25, 0.3) is 0 Å². The molecule has 78 valence electrons. The van der Waals surface area contributed by atoms with Crippen LogP contribution in [0, 0.1) is 0 Å². The maximum absolute atomic E-state index is 11.2. The molecule has 0 fully saturated rings. The number of benzene rings is 1. The van der Waals surface area contributed by atoms with E-state index >= 15 is 0 Å². The van der Waals surface area contributed by atoms with Crippen LogP contribution in [0.5, 0.6) is 0 Å². The van der Waals surface area contributed by atoms with Crippen molar-refractivity contribution >= 4 is 28.6 Å². The number of aromatic nitrogens is 1. The van der Waals surface area contributed by atoms with Crippen LogP contribution >= 0.6 is 12.6 Å². The molecule has 1 aromatic carbocycles. The van der Waals surface area contributed by atoms with Crippen LogP contribution in [0.3, 0.4) is 0 Å². The summed E-state index contributed by atoms with van der Waals surface area (Å²) in [4.78, 5) is 14.2. The Labute approximate surface area is 92.5 Å². The zero-order valence-corrected chi connectivity index (χ0v) is 9.08.